The van der Waals surface area contributed by atoms with Crippen molar-refractivity contribution in [3.63, 3.8) is 0 Å². The smallest absolute Gasteiger partial charge is 0.410 e. The number of aromatic nitrogens is 4. The van der Waals surface area contributed by atoms with E-state index in [0.29, 0.717) is 95.4 Å². The summed E-state index contributed by atoms with van der Waals surface area (Å²) in [6.45, 7) is 12.9. The molecule has 6 atom stereocenters. The van der Waals surface area contributed by atoms with Crippen LogP contribution in [0.15, 0.2) is 97.2 Å². The molecule has 2 bridgehead atoms. The van der Waals surface area contributed by atoms with Crippen molar-refractivity contribution >= 4 is 95.9 Å². The van der Waals surface area contributed by atoms with Crippen LogP contribution in [0.2, 0.25) is 0 Å². The Kier molecular flexibility index (Phi) is 24.5. The quantitative estimate of drug-likeness (QED) is 0.0127. The van der Waals surface area contributed by atoms with Gasteiger partial charge in [-0.05, 0) is 147 Å². The van der Waals surface area contributed by atoms with Gasteiger partial charge in [-0.2, -0.15) is 13.5 Å². The Morgan fingerprint density at radius 3 is 2.34 bits per heavy atom. The Balaban J connectivity index is 0.750. The number of para-hydroxylation sites is 1. The average molecular weight is 1450 g/mol. The lowest BCUT2D eigenvalue weighted by Crippen LogP contribution is -2.55. The molecule has 0 spiro atoms. The molecule has 26 nitrogen and oxygen atoms in total. The zero-order valence-electron chi connectivity index (χ0n) is 59.2. The summed E-state index contributed by atoms with van der Waals surface area (Å²) in [7, 11) is -4.51. The van der Waals surface area contributed by atoms with E-state index >= 15 is 0 Å². The third-order valence-electron chi connectivity index (χ3n) is 20.1. The van der Waals surface area contributed by atoms with E-state index < -0.39 is 57.4 Å². The molecule has 2 aliphatic carbocycles. The number of ether oxygens (including phenoxy) is 2. The molecule has 103 heavy (non-hydrogen) atoms. The van der Waals surface area contributed by atoms with Gasteiger partial charge < -0.3 is 35.8 Å². The monoisotopic (exact) mass is 1450 g/mol. The van der Waals surface area contributed by atoms with Gasteiger partial charge in [0.05, 0.1) is 46.1 Å². The van der Waals surface area contributed by atoms with Crippen LogP contribution >= 0.6 is 11.3 Å². The van der Waals surface area contributed by atoms with Gasteiger partial charge in [0.25, 0.3) is 21.9 Å². The molecule has 0 saturated heterocycles. The van der Waals surface area contributed by atoms with Crippen LogP contribution in [0.3, 0.4) is 0 Å². The highest BCUT2D eigenvalue weighted by molar-refractivity contribution is 7.85. The fourth-order valence-corrected chi connectivity index (χ4v) is 17.2. The first-order chi connectivity index (χ1) is 48.9. The van der Waals surface area contributed by atoms with Crippen molar-refractivity contribution in [2.75, 3.05) is 55.3 Å². The normalized spacial score (nSPS) is 20.0. The van der Waals surface area contributed by atoms with Gasteiger partial charge in [-0.1, -0.05) is 101 Å². The zero-order valence-corrected chi connectivity index (χ0v) is 60.9. The minimum absolute atomic E-state index is 0.0201. The van der Waals surface area contributed by atoms with E-state index in [1.165, 1.54) is 28.4 Å². The molecule has 2 aliphatic heterocycles. The molecule has 3 aromatic carbocycles. The van der Waals surface area contributed by atoms with Gasteiger partial charge in [0.2, 0.25) is 5.91 Å². The second-order valence-electron chi connectivity index (χ2n) is 29.3. The van der Waals surface area contributed by atoms with E-state index in [-0.39, 0.29) is 117 Å². The summed E-state index contributed by atoms with van der Waals surface area (Å²) in [4.78, 5) is 130. The summed E-state index contributed by atoms with van der Waals surface area (Å²) in [5.41, 5.74) is 10.4. The summed E-state index contributed by atoms with van der Waals surface area (Å²) >= 11 is 1.40. The van der Waals surface area contributed by atoms with Gasteiger partial charge in [0, 0.05) is 105 Å². The van der Waals surface area contributed by atoms with E-state index in [2.05, 4.69) is 41.7 Å². The first-order valence-electron chi connectivity index (χ1n) is 35.3. The lowest BCUT2D eigenvalue weighted by molar-refractivity contribution is -0.179. The number of nitrogens with one attached hydrogen (secondary N) is 3. The number of nitrogens with two attached hydrogens (primary N) is 1. The van der Waals surface area contributed by atoms with Crippen LogP contribution < -0.4 is 26.6 Å². The molecular formula is C75H93N11O15S2. The predicted molar refractivity (Wildman–Crippen MR) is 388 cm³/mol. The molecule has 4 unspecified atom stereocenters. The fourth-order valence-electron chi connectivity index (χ4n) is 15.9. The van der Waals surface area contributed by atoms with Crippen LogP contribution in [-0.4, -0.2) is 158 Å². The molecule has 550 valence electrons. The zero-order chi connectivity index (χ0) is 74.0. The number of unbranched alkanes of at least 4 members (excludes halogenated alkanes) is 2. The number of Topliss-reactive ketones (excluding diaryl/α,β-unsaturated/α-hetero) is 2. The second-order valence-corrected chi connectivity index (χ2v) is 31.9. The lowest BCUT2D eigenvalue weighted by atomic mass is 9.51. The van der Waals surface area contributed by atoms with Crippen molar-refractivity contribution in [1.29, 1.82) is 0 Å². The number of benzene rings is 3. The number of fused-ring (bicyclic) bond motifs is 4. The number of aryl methyl sites for hydroxylation is 1. The molecule has 0 radical (unpaired) electrons. The summed E-state index contributed by atoms with van der Waals surface area (Å²) in [5, 5.41) is 24.4. The van der Waals surface area contributed by atoms with Crippen molar-refractivity contribution in [2.45, 2.75) is 163 Å². The number of carbonyl (C=O) groups is 9. The van der Waals surface area contributed by atoms with Gasteiger partial charge in [0.1, 0.15) is 12.4 Å². The maximum atomic E-state index is 14.0. The molecule has 10 rings (SSSR count). The van der Waals surface area contributed by atoms with E-state index in [1.54, 1.807) is 47.5 Å². The third-order valence-corrected chi connectivity index (χ3v) is 21.8. The molecule has 2 fully saturated rings. The Morgan fingerprint density at radius 2 is 1.62 bits per heavy atom. The van der Waals surface area contributed by atoms with Gasteiger partial charge in [-0.25, -0.2) is 29.1 Å². The van der Waals surface area contributed by atoms with Crippen LogP contribution in [0.1, 0.15) is 151 Å². The van der Waals surface area contributed by atoms with E-state index in [0.717, 1.165) is 64.9 Å². The molecule has 8 amide bonds. The van der Waals surface area contributed by atoms with Gasteiger partial charge in [0.15, 0.2) is 16.6 Å². The van der Waals surface area contributed by atoms with Crippen molar-refractivity contribution < 1.29 is 70.7 Å². The Labute approximate surface area is 603 Å². The van der Waals surface area contributed by atoms with Crippen molar-refractivity contribution in [1.82, 2.24) is 40.2 Å². The number of hydrogen-bond donors (Lipinski definition) is 6. The number of thiazole rings is 1. The predicted octanol–water partition coefficient (Wildman–Crippen LogP) is 10.9. The van der Waals surface area contributed by atoms with Crippen LogP contribution in [-0.2, 0) is 69.6 Å². The minimum Gasteiger partial charge on any atom is -0.476 e. The first kappa shape index (κ1) is 76.4. The number of anilines is 2. The SMILES string of the molecule is Cc1c(-c2ccc(-c3ccc4c(c3)N(C(=O)Nc3nc5ccccc5s3)CCC4)nc2C(=O)O)cnn1CC1(C)CC2(C)CC(C)CC(OCCN(CCS(=O)(=O)O)C(=O)OCc3ccc(CC(=O)[C@H](CCCNC(N)=O)NC(=O)[C@@H](CC(=O)CCCCCN4C(=O)C=CC4=O)C(C)C)cc3)(C2)C1. The maximum absolute atomic E-state index is 14.0. The highest BCUT2D eigenvalue weighted by atomic mass is 32.2. The fraction of sp³-hybridized carbons (Fsp3) is 0.493. The number of rotatable bonds is 33. The topological polar surface area (TPSA) is 362 Å². The number of amides is 8. The number of hydrogen-bond acceptors (Lipinski definition) is 17. The highest BCUT2D eigenvalue weighted by Crippen LogP contribution is 2.60. The Hall–Kier alpha value is -9.25. The molecule has 5 heterocycles. The summed E-state index contributed by atoms with van der Waals surface area (Å²) in [6.07, 6.45) is 10.8. The van der Waals surface area contributed by atoms with Gasteiger partial charge in [-0.15, -0.1) is 0 Å². The number of nitrogens with zero attached hydrogens (tertiary/aromatic N) is 7. The largest absolute Gasteiger partial charge is 0.476 e. The molecule has 3 aromatic heterocycles. The van der Waals surface area contributed by atoms with Crippen LogP contribution in [0.25, 0.3) is 32.6 Å². The maximum Gasteiger partial charge on any atom is 0.410 e. The van der Waals surface area contributed by atoms with Gasteiger partial charge in [-0.3, -0.25) is 48.3 Å². The number of carbonyl (C=O) groups excluding carboxylic acids is 8. The number of carboxylic acid groups (broad SMARTS) is 1. The molecule has 28 heteroatoms. The van der Waals surface area contributed by atoms with E-state index in [9.17, 15) is 61.2 Å². The highest BCUT2D eigenvalue weighted by Gasteiger charge is 2.56. The second kappa shape index (κ2) is 33.0. The van der Waals surface area contributed by atoms with Crippen LogP contribution in [0, 0.1) is 35.5 Å². The van der Waals surface area contributed by atoms with Crippen LogP contribution in [0.4, 0.5) is 25.2 Å². The van der Waals surface area contributed by atoms with Crippen molar-refractivity contribution in [3.8, 4) is 22.4 Å². The summed E-state index contributed by atoms with van der Waals surface area (Å²) < 4.78 is 49.7. The standard InChI is InChI=1S/C75H93N11O15S2/c1-47(2)56(38-54(87)15-8-7-11-30-85-64(89)27-28-65(85)90)67(91)80-59(17-12-29-77-69(76)94)62(88)36-50-19-21-51(22-20-50)42-100-72(96)83(33-35-103(97,98)99)32-34-101-75-40-48(3)39-73(5,44-75)43-74(6,45-75)46-86-49(4)57(41-78-86)55-25-26-58(79-66(55)68(92)93)53-24-23-52-14-13-31-84(61(52)37-53)71(95)82-70-81-60-16-9-10-18-63(60)102-70/h9-10,16,18-28,37,41,47-48,56,59H,7-8,11-15,17,29-36,38-40,42-46H2,1-6H3,(H,80,91)(H,92,93)(H3,76,77,94)(H,81,82,95)(H,97,98,99)/t48?,56-,59-,73?,74?,75?/m0/s1. The lowest BCUT2D eigenvalue weighted by Gasteiger charge is -2.58. The van der Waals surface area contributed by atoms with Crippen molar-refractivity contribution in [3.05, 3.63) is 125 Å². The summed E-state index contributed by atoms with van der Waals surface area (Å²) in [6, 6.07) is 21.6. The van der Waals surface area contributed by atoms with E-state index in [4.69, 9.17) is 25.3 Å². The van der Waals surface area contributed by atoms with Gasteiger partial charge >= 0.3 is 24.1 Å². The van der Waals surface area contributed by atoms with Crippen molar-refractivity contribution in [2.24, 2.45) is 34.3 Å². The molecule has 6 aromatic rings. The van der Waals surface area contributed by atoms with E-state index in [1.807, 2.05) is 67.9 Å². The molecular weight excluding hydrogens is 1360 g/mol. The number of urea groups is 2. The minimum atomic E-state index is -4.51. The Bertz CT molecular complexity index is 4280. The number of aromatic carboxylic acids is 1. The number of pyridine rings is 1. The number of primary amides is 1. The molecule has 7 N–H and O–H groups in total. The van der Waals surface area contributed by atoms with Crippen LogP contribution in [0.5, 0.6) is 0 Å². The first-order valence-corrected chi connectivity index (χ1v) is 37.7. The third kappa shape index (κ3) is 19.9. The number of imide groups is 1. The molecule has 4 aliphatic rings. The summed E-state index contributed by atoms with van der Waals surface area (Å²) in [5.74, 6) is -4.31. The number of carboxylic acids is 1. The number of ketones is 2. The molecule has 2 saturated carbocycles. The Morgan fingerprint density at radius 1 is 0.874 bits per heavy atom. The average Bonchev–Trinajstić information content (AvgIpc) is 0.936.